The van der Waals surface area contributed by atoms with E-state index in [9.17, 15) is 9.90 Å². The molecule has 1 atom stereocenters. The molecule has 2 aromatic carbocycles. The quantitative estimate of drug-likeness (QED) is 0.638. The van der Waals surface area contributed by atoms with Gasteiger partial charge in [-0.2, -0.15) is 0 Å². The van der Waals surface area contributed by atoms with Crippen molar-refractivity contribution in [2.24, 2.45) is 0 Å². The highest BCUT2D eigenvalue weighted by Crippen LogP contribution is 2.34. The lowest BCUT2D eigenvalue weighted by Crippen LogP contribution is -2.52. The number of aliphatic hydroxyl groups excluding tert-OH is 1. The van der Waals surface area contributed by atoms with Gasteiger partial charge in [0, 0.05) is 37.2 Å². The Balaban J connectivity index is 1.21. The van der Waals surface area contributed by atoms with Crippen LogP contribution in [0, 0.1) is 0 Å². The summed E-state index contributed by atoms with van der Waals surface area (Å²) in [6, 6.07) is 14.1. The Morgan fingerprint density at radius 1 is 1.16 bits per heavy atom. The average molecular weight is 421 g/mol. The van der Waals surface area contributed by atoms with E-state index < -0.39 is 6.10 Å². The van der Waals surface area contributed by atoms with E-state index in [1.165, 1.54) is 0 Å². The lowest BCUT2D eigenvalue weighted by Gasteiger charge is -2.39. The van der Waals surface area contributed by atoms with E-state index in [1.807, 2.05) is 30.3 Å². The van der Waals surface area contributed by atoms with E-state index in [2.05, 4.69) is 22.3 Å². The van der Waals surface area contributed by atoms with Gasteiger partial charge in [0.15, 0.2) is 0 Å². The van der Waals surface area contributed by atoms with Crippen molar-refractivity contribution >= 4 is 16.7 Å². The summed E-state index contributed by atoms with van der Waals surface area (Å²) >= 11 is 0. The lowest BCUT2D eigenvalue weighted by molar-refractivity contribution is -0.120. The van der Waals surface area contributed by atoms with Crippen molar-refractivity contribution in [2.75, 3.05) is 26.2 Å². The molecular formula is C25H28N2O4. The first-order chi connectivity index (χ1) is 15.1. The van der Waals surface area contributed by atoms with Crippen molar-refractivity contribution in [2.45, 2.75) is 37.3 Å². The molecule has 31 heavy (non-hydrogen) atoms. The number of carbonyl (C=O) groups excluding carboxylic acids is 1. The van der Waals surface area contributed by atoms with Crippen LogP contribution in [0.1, 0.15) is 25.7 Å². The summed E-state index contributed by atoms with van der Waals surface area (Å²) in [5.74, 6) is 0.910. The second-order valence-corrected chi connectivity index (χ2v) is 8.80. The number of β-amino-alcohol motifs (C(OH)–C–C–N with tert-alkyl or cyclic N) is 1. The van der Waals surface area contributed by atoms with Gasteiger partial charge in [-0.15, -0.1) is 0 Å². The maximum Gasteiger partial charge on any atom is 0.220 e. The number of fused-ring (bicyclic) bond motifs is 1. The highest BCUT2D eigenvalue weighted by Gasteiger charge is 2.40. The van der Waals surface area contributed by atoms with Crippen molar-refractivity contribution in [3.8, 4) is 16.9 Å². The molecular weight excluding hydrogens is 392 g/mol. The molecule has 3 heterocycles. The van der Waals surface area contributed by atoms with Gasteiger partial charge >= 0.3 is 0 Å². The third-order valence-electron chi connectivity index (χ3n) is 6.63. The van der Waals surface area contributed by atoms with Crippen LogP contribution in [-0.4, -0.2) is 53.8 Å². The number of rotatable bonds is 6. The van der Waals surface area contributed by atoms with Gasteiger partial charge in [-0.1, -0.05) is 24.3 Å². The fraction of sp³-hybridized carbons (Fsp3) is 0.400. The van der Waals surface area contributed by atoms with Crippen LogP contribution < -0.4 is 10.1 Å². The van der Waals surface area contributed by atoms with Crippen molar-refractivity contribution in [3.63, 3.8) is 0 Å². The Hall–Kier alpha value is -2.83. The standard InChI is InChI=1S/C25H28N2O4/c28-20(15-27-10-8-25(9-11-27)7-5-24(29)26-25)17-31-21-13-18-3-1-2-4-22(18)23(14-21)19-6-12-30-16-19/h1-4,6,12-14,16,20,28H,5,7-11,15,17H2,(H,26,29). The molecule has 6 nitrogen and oxygen atoms in total. The Morgan fingerprint density at radius 2 is 2.00 bits per heavy atom. The molecule has 0 radical (unpaired) electrons. The van der Waals surface area contributed by atoms with Gasteiger partial charge in [-0.3, -0.25) is 4.79 Å². The van der Waals surface area contributed by atoms with Crippen LogP contribution in [0.2, 0.25) is 0 Å². The summed E-state index contributed by atoms with van der Waals surface area (Å²) in [5, 5.41) is 16.0. The molecule has 2 aliphatic heterocycles. The van der Waals surface area contributed by atoms with Crippen LogP contribution in [0.4, 0.5) is 0 Å². The molecule has 2 saturated heterocycles. The maximum atomic E-state index is 11.6. The normalized spacial score (nSPS) is 19.6. The van der Waals surface area contributed by atoms with Crippen molar-refractivity contribution < 1.29 is 19.1 Å². The van der Waals surface area contributed by atoms with Crippen LogP contribution in [-0.2, 0) is 4.79 Å². The minimum Gasteiger partial charge on any atom is -0.491 e. The molecule has 6 heteroatoms. The lowest BCUT2D eigenvalue weighted by atomic mass is 9.86. The van der Waals surface area contributed by atoms with Gasteiger partial charge in [0.05, 0.1) is 12.5 Å². The summed E-state index contributed by atoms with van der Waals surface area (Å²) in [4.78, 5) is 13.9. The fourth-order valence-electron chi connectivity index (χ4n) is 4.88. The second-order valence-electron chi connectivity index (χ2n) is 8.80. The van der Waals surface area contributed by atoms with E-state index in [4.69, 9.17) is 9.15 Å². The number of hydrogen-bond acceptors (Lipinski definition) is 5. The molecule has 1 amide bonds. The summed E-state index contributed by atoms with van der Waals surface area (Å²) in [5.41, 5.74) is 2.05. The smallest absolute Gasteiger partial charge is 0.220 e. The van der Waals surface area contributed by atoms with E-state index in [-0.39, 0.29) is 18.1 Å². The number of carbonyl (C=O) groups is 1. The largest absolute Gasteiger partial charge is 0.491 e. The molecule has 0 bridgehead atoms. The fourth-order valence-corrected chi connectivity index (χ4v) is 4.88. The topological polar surface area (TPSA) is 74.9 Å². The van der Waals surface area contributed by atoms with E-state index >= 15 is 0 Å². The Bertz CT molecular complexity index is 1050. The summed E-state index contributed by atoms with van der Waals surface area (Å²) in [6.07, 6.45) is 6.30. The number of hydrogen-bond donors (Lipinski definition) is 2. The van der Waals surface area contributed by atoms with Crippen LogP contribution >= 0.6 is 0 Å². The molecule has 3 aromatic rings. The maximum absolute atomic E-state index is 11.6. The monoisotopic (exact) mass is 420 g/mol. The zero-order valence-corrected chi connectivity index (χ0v) is 17.5. The molecule has 1 spiro atoms. The van der Waals surface area contributed by atoms with Gasteiger partial charge in [-0.25, -0.2) is 0 Å². The van der Waals surface area contributed by atoms with E-state index in [0.717, 1.165) is 60.0 Å². The second kappa shape index (κ2) is 8.36. The van der Waals surface area contributed by atoms with Gasteiger partial charge in [0.25, 0.3) is 0 Å². The molecule has 5 rings (SSSR count). The molecule has 2 N–H and O–H groups in total. The van der Waals surface area contributed by atoms with Crippen molar-refractivity contribution in [1.29, 1.82) is 0 Å². The first kappa shape index (κ1) is 20.1. The summed E-state index contributed by atoms with van der Waals surface area (Å²) < 4.78 is 11.3. The summed E-state index contributed by atoms with van der Waals surface area (Å²) in [7, 11) is 0. The predicted molar refractivity (Wildman–Crippen MR) is 119 cm³/mol. The number of ether oxygens (including phenoxy) is 1. The molecule has 0 aliphatic carbocycles. The number of furan rings is 1. The zero-order valence-electron chi connectivity index (χ0n) is 17.5. The Kier molecular flexibility index (Phi) is 5.42. The van der Waals surface area contributed by atoms with Crippen LogP contribution in [0.25, 0.3) is 21.9 Å². The molecule has 1 unspecified atom stereocenters. The first-order valence-electron chi connectivity index (χ1n) is 11.0. The SMILES string of the molecule is O=C1CCC2(CCN(CC(O)COc3cc(-c4ccoc4)c4ccccc4c3)CC2)N1. The molecule has 2 fully saturated rings. The van der Waals surface area contributed by atoms with Gasteiger partial charge < -0.3 is 24.5 Å². The number of benzene rings is 2. The number of nitrogens with one attached hydrogen (secondary N) is 1. The third kappa shape index (κ3) is 4.31. The summed E-state index contributed by atoms with van der Waals surface area (Å²) in [6.45, 7) is 2.59. The van der Waals surface area contributed by atoms with Crippen LogP contribution in [0.15, 0.2) is 59.4 Å². The number of nitrogens with zero attached hydrogens (tertiary/aromatic N) is 1. The first-order valence-corrected chi connectivity index (χ1v) is 11.0. The number of amides is 1. The van der Waals surface area contributed by atoms with Crippen molar-refractivity contribution in [1.82, 2.24) is 10.2 Å². The van der Waals surface area contributed by atoms with Gasteiger partial charge in [0.1, 0.15) is 18.5 Å². The molecule has 2 aliphatic rings. The van der Waals surface area contributed by atoms with Gasteiger partial charge in [0.2, 0.25) is 5.91 Å². The predicted octanol–water partition coefficient (Wildman–Crippen LogP) is 3.58. The third-order valence-corrected chi connectivity index (χ3v) is 6.63. The number of likely N-dealkylation sites (tertiary alicyclic amines) is 1. The van der Waals surface area contributed by atoms with Gasteiger partial charge in [-0.05, 0) is 53.8 Å². The highest BCUT2D eigenvalue weighted by molar-refractivity contribution is 5.97. The number of aliphatic hydroxyl groups is 1. The molecule has 1 aromatic heterocycles. The van der Waals surface area contributed by atoms with Crippen molar-refractivity contribution in [3.05, 3.63) is 55.0 Å². The Morgan fingerprint density at radius 3 is 2.74 bits per heavy atom. The van der Waals surface area contributed by atoms with Crippen LogP contribution in [0.3, 0.4) is 0 Å². The minimum absolute atomic E-state index is 0.0103. The number of piperidine rings is 1. The molecule has 162 valence electrons. The average Bonchev–Trinajstić information content (AvgIpc) is 3.44. The highest BCUT2D eigenvalue weighted by atomic mass is 16.5. The van der Waals surface area contributed by atoms with Crippen LogP contribution in [0.5, 0.6) is 5.75 Å². The Labute approximate surface area is 181 Å². The minimum atomic E-state index is -0.573. The molecule has 0 saturated carbocycles. The van der Waals surface area contributed by atoms with E-state index in [0.29, 0.717) is 13.0 Å². The zero-order chi connectivity index (χ0) is 21.3. The van der Waals surface area contributed by atoms with E-state index in [1.54, 1.807) is 12.5 Å².